The van der Waals surface area contributed by atoms with Crippen molar-refractivity contribution in [1.82, 2.24) is 4.90 Å². The van der Waals surface area contributed by atoms with Gasteiger partial charge in [-0.2, -0.15) is 0 Å². The van der Waals surface area contributed by atoms with Crippen LogP contribution >= 0.6 is 0 Å². The second-order valence-electron chi connectivity index (χ2n) is 6.15. The summed E-state index contributed by atoms with van der Waals surface area (Å²) in [5, 5.41) is 0.958. The van der Waals surface area contributed by atoms with Gasteiger partial charge in [-0.3, -0.25) is 4.79 Å². The number of benzene rings is 1. The van der Waals surface area contributed by atoms with E-state index in [1.807, 2.05) is 36.9 Å². The molecule has 1 aromatic carbocycles. The van der Waals surface area contributed by atoms with Crippen molar-refractivity contribution < 1.29 is 13.9 Å². The maximum atomic E-state index is 12.7. The summed E-state index contributed by atoms with van der Waals surface area (Å²) >= 11 is 0. The van der Waals surface area contributed by atoms with Gasteiger partial charge in [0.25, 0.3) is 5.91 Å². The number of amides is 1. The van der Waals surface area contributed by atoms with Gasteiger partial charge in [0.2, 0.25) is 0 Å². The molecule has 0 aliphatic carbocycles. The van der Waals surface area contributed by atoms with E-state index in [1.165, 1.54) is 6.42 Å². The van der Waals surface area contributed by atoms with Crippen molar-refractivity contribution in [3.05, 3.63) is 29.5 Å². The molecular weight excluding hydrogens is 278 g/mol. The Labute approximate surface area is 131 Å². The van der Waals surface area contributed by atoms with Crippen LogP contribution < -0.4 is 4.74 Å². The highest BCUT2D eigenvalue weighted by molar-refractivity contribution is 5.99. The molecule has 118 valence electrons. The molecule has 1 aromatic heterocycles. The number of furan rings is 1. The summed E-state index contributed by atoms with van der Waals surface area (Å²) in [6.07, 6.45) is 2.27. The lowest BCUT2D eigenvalue weighted by molar-refractivity contribution is 0.0652. The number of hydrogen-bond donors (Lipinski definition) is 0. The monoisotopic (exact) mass is 301 g/mol. The highest BCUT2D eigenvalue weighted by Crippen LogP contribution is 2.30. The molecule has 1 aliphatic rings. The van der Waals surface area contributed by atoms with Crippen LogP contribution in [0.4, 0.5) is 0 Å². The zero-order valence-corrected chi connectivity index (χ0v) is 13.5. The van der Waals surface area contributed by atoms with E-state index in [0.29, 0.717) is 18.3 Å². The lowest BCUT2D eigenvalue weighted by atomic mass is 10.00. The average molecular weight is 301 g/mol. The smallest absolute Gasteiger partial charge is 0.289 e. The third-order valence-electron chi connectivity index (χ3n) is 4.36. The third kappa shape index (κ3) is 2.70. The van der Waals surface area contributed by atoms with Gasteiger partial charge < -0.3 is 14.1 Å². The SMILES string of the molecule is CCOc1ccc2oc(C(=O)N3CCC[C@@H](C)C3)c(C)c2c1. The molecule has 22 heavy (non-hydrogen) atoms. The van der Waals surface area contributed by atoms with Gasteiger partial charge in [0.05, 0.1) is 6.61 Å². The normalized spacial score (nSPS) is 18.7. The van der Waals surface area contributed by atoms with Crippen LogP contribution in [0.3, 0.4) is 0 Å². The Balaban J connectivity index is 1.93. The van der Waals surface area contributed by atoms with Crippen LogP contribution in [-0.2, 0) is 0 Å². The first-order chi connectivity index (χ1) is 10.6. The van der Waals surface area contributed by atoms with Gasteiger partial charge >= 0.3 is 0 Å². The fraction of sp³-hybridized carbons (Fsp3) is 0.500. The van der Waals surface area contributed by atoms with E-state index in [0.717, 1.165) is 41.8 Å². The van der Waals surface area contributed by atoms with Gasteiger partial charge in [0, 0.05) is 24.0 Å². The summed E-state index contributed by atoms with van der Waals surface area (Å²) in [5.74, 6) is 1.85. The van der Waals surface area contributed by atoms with Crippen molar-refractivity contribution in [3.63, 3.8) is 0 Å². The van der Waals surface area contributed by atoms with Crippen molar-refractivity contribution in [1.29, 1.82) is 0 Å². The second-order valence-corrected chi connectivity index (χ2v) is 6.15. The number of carbonyl (C=O) groups is 1. The predicted molar refractivity (Wildman–Crippen MR) is 86.4 cm³/mol. The van der Waals surface area contributed by atoms with Crippen molar-refractivity contribution in [2.24, 2.45) is 5.92 Å². The van der Waals surface area contributed by atoms with Crippen LogP contribution in [0, 0.1) is 12.8 Å². The zero-order valence-electron chi connectivity index (χ0n) is 13.5. The lowest BCUT2D eigenvalue weighted by Gasteiger charge is -2.30. The van der Waals surface area contributed by atoms with E-state index in [1.54, 1.807) is 0 Å². The zero-order chi connectivity index (χ0) is 15.7. The summed E-state index contributed by atoms with van der Waals surface area (Å²) in [5.41, 5.74) is 1.65. The van der Waals surface area contributed by atoms with E-state index >= 15 is 0 Å². The predicted octanol–water partition coefficient (Wildman–Crippen LogP) is 4.01. The van der Waals surface area contributed by atoms with Gasteiger partial charge in [0.1, 0.15) is 11.3 Å². The summed E-state index contributed by atoms with van der Waals surface area (Å²) < 4.78 is 11.4. The molecular formula is C18H23NO3. The molecule has 4 nitrogen and oxygen atoms in total. The first-order valence-corrected chi connectivity index (χ1v) is 8.05. The lowest BCUT2D eigenvalue weighted by Crippen LogP contribution is -2.39. The summed E-state index contributed by atoms with van der Waals surface area (Å²) in [6, 6.07) is 5.71. The quantitative estimate of drug-likeness (QED) is 0.860. The molecule has 0 N–H and O–H groups in total. The van der Waals surface area contributed by atoms with E-state index in [9.17, 15) is 4.79 Å². The van der Waals surface area contributed by atoms with E-state index in [-0.39, 0.29) is 5.91 Å². The minimum absolute atomic E-state index is 0.0122. The number of hydrogen-bond acceptors (Lipinski definition) is 3. The first kappa shape index (κ1) is 14.9. The van der Waals surface area contributed by atoms with Gasteiger partial charge in [-0.25, -0.2) is 0 Å². The summed E-state index contributed by atoms with van der Waals surface area (Å²) in [4.78, 5) is 14.7. The number of nitrogens with zero attached hydrogens (tertiary/aromatic N) is 1. The highest BCUT2D eigenvalue weighted by atomic mass is 16.5. The average Bonchev–Trinajstić information content (AvgIpc) is 2.84. The van der Waals surface area contributed by atoms with E-state index < -0.39 is 0 Å². The van der Waals surface area contributed by atoms with Crippen LogP contribution in [0.5, 0.6) is 5.75 Å². The molecule has 0 unspecified atom stereocenters. The fourth-order valence-electron chi connectivity index (χ4n) is 3.18. The Morgan fingerprint density at radius 3 is 3.00 bits per heavy atom. The van der Waals surface area contributed by atoms with Crippen LogP contribution in [0.2, 0.25) is 0 Å². The molecule has 1 amide bonds. The minimum Gasteiger partial charge on any atom is -0.494 e. The summed E-state index contributed by atoms with van der Waals surface area (Å²) in [7, 11) is 0. The van der Waals surface area contributed by atoms with Gasteiger partial charge in [0.15, 0.2) is 5.76 Å². The molecule has 1 saturated heterocycles. The fourth-order valence-corrected chi connectivity index (χ4v) is 3.18. The molecule has 0 radical (unpaired) electrons. The van der Waals surface area contributed by atoms with Crippen molar-refractivity contribution in [2.45, 2.75) is 33.6 Å². The molecule has 1 aliphatic heterocycles. The third-order valence-corrected chi connectivity index (χ3v) is 4.36. The number of fused-ring (bicyclic) bond motifs is 1. The van der Waals surface area contributed by atoms with Crippen molar-refractivity contribution >= 4 is 16.9 Å². The van der Waals surface area contributed by atoms with Gasteiger partial charge in [-0.05, 0) is 50.8 Å². The Bertz CT molecular complexity index is 689. The van der Waals surface area contributed by atoms with Crippen molar-refractivity contribution in [3.8, 4) is 5.75 Å². The molecule has 0 spiro atoms. The molecule has 3 rings (SSSR count). The second kappa shape index (κ2) is 6.03. The number of rotatable bonds is 3. The molecule has 2 aromatic rings. The van der Waals surface area contributed by atoms with Gasteiger partial charge in [-0.15, -0.1) is 0 Å². The van der Waals surface area contributed by atoms with Gasteiger partial charge in [-0.1, -0.05) is 6.92 Å². The number of aryl methyl sites for hydroxylation is 1. The van der Waals surface area contributed by atoms with Crippen LogP contribution in [-0.4, -0.2) is 30.5 Å². The topological polar surface area (TPSA) is 42.7 Å². The number of carbonyl (C=O) groups excluding carboxylic acids is 1. The standard InChI is InChI=1S/C18H23NO3/c1-4-21-14-7-8-16-15(10-14)13(3)17(22-16)18(20)19-9-5-6-12(2)11-19/h7-8,10,12H,4-6,9,11H2,1-3H3/t12-/m1/s1. The molecule has 4 heteroatoms. The number of ether oxygens (including phenoxy) is 1. The van der Waals surface area contributed by atoms with Crippen molar-refractivity contribution in [2.75, 3.05) is 19.7 Å². The molecule has 1 atom stereocenters. The van der Waals surface area contributed by atoms with Crippen LogP contribution in [0.15, 0.2) is 22.6 Å². The number of piperidine rings is 1. The molecule has 0 saturated carbocycles. The maximum absolute atomic E-state index is 12.7. The molecule has 1 fully saturated rings. The Morgan fingerprint density at radius 1 is 1.45 bits per heavy atom. The van der Waals surface area contributed by atoms with E-state index in [4.69, 9.17) is 9.15 Å². The molecule has 2 heterocycles. The van der Waals surface area contributed by atoms with Crippen LogP contribution in [0.1, 0.15) is 42.8 Å². The summed E-state index contributed by atoms with van der Waals surface area (Å²) in [6.45, 7) is 8.36. The Kier molecular flexibility index (Phi) is 4.10. The molecule has 0 bridgehead atoms. The Morgan fingerprint density at radius 2 is 2.27 bits per heavy atom. The first-order valence-electron chi connectivity index (χ1n) is 8.05. The minimum atomic E-state index is 0.0122. The van der Waals surface area contributed by atoms with E-state index in [2.05, 4.69) is 6.92 Å². The number of likely N-dealkylation sites (tertiary alicyclic amines) is 1. The Hall–Kier alpha value is -1.97. The largest absolute Gasteiger partial charge is 0.494 e. The highest BCUT2D eigenvalue weighted by Gasteiger charge is 2.26. The van der Waals surface area contributed by atoms with Crippen LogP contribution in [0.25, 0.3) is 11.0 Å². The maximum Gasteiger partial charge on any atom is 0.289 e.